The lowest BCUT2D eigenvalue weighted by molar-refractivity contribution is 0.0915. The van der Waals surface area contributed by atoms with Crippen molar-refractivity contribution in [3.05, 3.63) is 4.88 Å². The lowest BCUT2D eigenvalue weighted by atomic mass is 9.87. The zero-order chi connectivity index (χ0) is 15.0. The quantitative estimate of drug-likeness (QED) is 0.799. The summed E-state index contributed by atoms with van der Waals surface area (Å²) in [6.45, 7) is 4.43. The summed E-state index contributed by atoms with van der Waals surface area (Å²) in [6.07, 6.45) is 7.00. The maximum Gasteiger partial charge on any atom is 0.265 e. The number of nitrogens with zero attached hydrogens (tertiary/aromatic N) is 1. The molecule has 1 heterocycles. The van der Waals surface area contributed by atoms with Gasteiger partial charge in [-0.2, -0.15) is 0 Å². The highest BCUT2D eigenvalue weighted by atomic mass is 32.1. The molecular weight excluding hydrogens is 284 g/mol. The van der Waals surface area contributed by atoms with Crippen LogP contribution in [0.25, 0.3) is 0 Å². The molecule has 2 aliphatic carbocycles. The van der Waals surface area contributed by atoms with Crippen LogP contribution >= 0.6 is 11.3 Å². The first-order chi connectivity index (χ1) is 9.95. The van der Waals surface area contributed by atoms with Gasteiger partial charge in [0, 0.05) is 12.1 Å². The third-order valence-electron chi connectivity index (χ3n) is 4.85. The first-order valence-corrected chi connectivity index (χ1v) is 8.61. The minimum atomic E-state index is -0.0772. The number of hydrogen-bond donors (Lipinski definition) is 3. The number of anilines is 2. The van der Waals surface area contributed by atoms with Crippen molar-refractivity contribution in [1.29, 1.82) is 0 Å². The summed E-state index contributed by atoms with van der Waals surface area (Å²) in [7, 11) is 0. The molecule has 2 saturated carbocycles. The molecule has 6 heteroatoms. The van der Waals surface area contributed by atoms with Gasteiger partial charge in [0.1, 0.15) is 10.7 Å². The summed E-state index contributed by atoms with van der Waals surface area (Å²) >= 11 is 1.37. The van der Waals surface area contributed by atoms with Gasteiger partial charge in [-0.1, -0.05) is 31.6 Å². The topological polar surface area (TPSA) is 80.0 Å². The summed E-state index contributed by atoms with van der Waals surface area (Å²) in [6, 6.07) is 0.731. The number of nitrogens with one attached hydrogen (secondary N) is 2. The fourth-order valence-corrected chi connectivity index (χ4v) is 3.97. The molecule has 3 rings (SSSR count). The van der Waals surface area contributed by atoms with Crippen LogP contribution in [-0.2, 0) is 0 Å². The molecule has 4 N–H and O–H groups in total. The summed E-state index contributed by atoms with van der Waals surface area (Å²) in [4.78, 5) is 17.3. The molecule has 0 bridgehead atoms. The third-order valence-corrected chi connectivity index (χ3v) is 5.86. The van der Waals surface area contributed by atoms with Gasteiger partial charge in [0.15, 0.2) is 5.13 Å². The van der Waals surface area contributed by atoms with Gasteiger partial charge in [0.05, 0.1) is 0 Å². The standard InChI is InChI=1S/C15H24N4OS/c1-15(2)8-4-7-10(15)18-13(20)11-12(16)19-14(21-11)17-9-5-3-6-9/h9-10H,3-8,16H2,1-2H3,(H,17,19)(H,18,20). The molecule has 5 nitrogen and oxygen atoms in total. The predicted molar refractivity (Wildman–Crippen MR) is 86.7 cm³/mol. The molecule has 1 atom stereocenters. The van der Waals surface area contributed by atoms with Gasteiger partial charge < -0.3 is 16.4 Å². The van der Waals surface area contributed by atoms with Crippen LogP contribution in [0, 0.1) is 5.41 Å². The van der Waals surface area contributed by atoms with E-state index in [-0.39, 0.29) is 17.4 Å². The van der Waals surface area contributed by atoms with Gasteiger partial charge in [0.25, 0.3) is 5.91 Å². The molecule has 0 saturated heterocycles. The summed E-state index contributed by atoms with van der Waals surface area (Å²) < 4.78 is 0. The number of nitrogen functional groups attached to an aromatic ring is 1. The van der Waals surface area contributed by atoms with Gasteiger partial charge in [-0.15, -0.1) is 0 Å². The second kappa shape index (κ2) is 5.48. The largest absolute Gasteiger partial charge is 0.382 e. The lowest BCUT2D eigenvalue weighted by Gasteiger charge is -2.27. The highest BCUT2D eigenvalue weighted by molar-refractivity contribution is 7.18. The third kappa shape index (κ3) is 3.00. The number of carbonyl (C=O) groups excluding carboxylic acids is 1. The number of nitrogens with two attached hydrogens (primary N) is 1. The van der Waals surface area contributed by atoms with Crippen molar-refractivity contribution in [1.82, 2.24) is 10.3 Å². The SMILES string of the molecule is CC1(C)CCCC1NC(=O)c1sc(NC2CCC2)nc1N. The van der Waals surface area contributed by atoms with Crippen LogP contribution in [0.3, 0.4) is 0 Å². The number of amides is 1. The number of rotatable bonds is 4. The lowest BCUT2D eigenvalue weighted by Crippen LogP contribution is -2.41. The minimum Gasteiger partial charge on any atom is -0.382 e. The highest BCUT2D eigenvalue weighted by Crippen LogP contribution is 2.38. The predicted octanol–water partition coefficient (Wildman–Crippen LogP) is 3.00. The van der Waals surface area contributed by atoms with Crippen LogP contribution in [0.5, 0.6) is 0 Å². The van der Waals surface area contributed by atoms with Crippen molar-refractivity contribution in [2.45, 2.75) is 64.5 Å². The van der Waals surface area contributed by atoms with E-state index in [1.165, 1.54) is 37.0 Å². The summed E-state index contributed by atoms with van der Waals surface area (Å²) in [5.74, 6) is 0.266. The Morgan fingerprint density at radius 1 is 1.33 bits per heavy atom. The number of thiazole rings is 1. The molecule has 0 aliphatic heterocycles. The Hall–Kier alpha value is -1.30. The van der Waals surface area contributed by atoms with E-state index in [1.54, 1.807) is 0 Å². The van der Waals surface area contributed by atoms with E-state index in [1.807, 2.05) is 0 Å². The molecule has 1 aromatic rings. The van der Waals surface area contributed by atoms with E-state index in [2.05, 4.69) is 29.5 Å². The molecule has 0 radical (unpaired) electrons. The van der Waals surface area contributed by atoms with Crippen LogP contribution in [0.15, 0.2) is 0 Å². The summed E-state index contributed by atoms with van der Waals surface area (Å²) in [5, 5.41) is 7.27. The molecule has 1 unspecified atom stereocenters. The molecular formula is C15H24N4OS. The molecule has 1 aromatic heterocycles. The first kappa shape index (κ1) is 14.6. The van der Waals surface area contributed by atoms with Gasteiger partial charge in [-0.05, 0) is 37.5 Å². The molecule has 1 amide bonds. The molecule has 0 aromatic carbocycles. The second-order valence-corrected chi connectivity index (χ2v) is 7.91. The van der Waals surface area contributed by atoms with Crippen LogP contribution in [0.1, 0.15) is 62.0 Å². The fraction of sp³-hybridized carbons (Fsp3) is 0.733. The van der Waals surface area contributed by atoms with Crippen molar-refractivity contribution in [2.75, 3.05) is 11.1 Å². The van der Waals surface area contributed by atoms with Crippen molar-refractivity contribution in [3.8, 4) is 0 Å². The first-order valence-electron chi connectivity index (χ1n) is 7.79. The fourth-order valence-electron chi connectivity index (χ4n) is 3.10. The Bertz CT molecular complexity index is 536. The minimum absolute atomic E-state index is 0.0772. The second-order valence-electron chi connectivity index (χ2n) is 6.91. The monoisotopic (exact) mass is 308 g/mol. The molecule has 2 fully saturated rings. The Labute approximate surface area is 129 Å². The van der Waals surface area contributed by atoms with Gasteiger partial charge >= 0.3 is 0 Å². The van der Waals surface area contributed by atoms with Crippen molar-refractivity contribution < 1.29 is 4.79 Å². The van der Waals surface area contributed by atoms with E-state index in [4.69, 9.17) is 5.73 Å². The van der Waals surface area contributed by atoms with E-state index >= 15 is 0 Å². The summed E-state index contributed by atoms with van der Waals surface area (Å²) in [5.41, 5.74) is 6.09. The van der Waals surface area contributed by atoms with E-state index in [0.29, 0.717) is 16.7 Å². The zero-order valence-corrected chi connectivity index (χ0v) is 13.6. The van der Waals surface area contributed by atoms with E-state index < -0.39 is 0 Å². The van der Waals surface area contributed by atoms with Crippen molar-refractivity contribution >= 4 is 28.2 Å². The van der Waals surface area contributed by atoms with E-state index in [9.17, 15) is 4.79 Å². The van der Waals surface area contributed by atoms with Crippen LogP contribution in [-0.4, -0.2) is 23.0 Å². The molecule has 0 spiro atoms. The van der Waals surface area contributed by atoms with Gasteiger partial charge in [-0.25, -0.2) is 4.98 Å². The van der Waals surface area contributed by atoms with Gasteiger partial charge in [0.2, 0.25) is 0 Å². The maximum absolute atomic E-state index is 12.4. The highest BCUT2D eigenvalue weighted by Gasteiger charge is 2.36. The van der Waals surface area contributed by atoms with Crippen LogP contribution in [0.2, 0.25) is 0 Å². The Morgan fingerprint density at radius 3 is 2.67 bits per heavy atom. The molecule has 2 aliphatic rings. The average Bonchev–Trinajstić information content (AvgIpc) is 2.88. The Morgan fingerprint density at radius 2 is 2.10 bits per heavy atom. The Balaban J connectivity index is 1.66. The van der Waals surface area contributed by atoms with Crippen molar-refractivity contribution in [3.63, 3.8) is 0 Å². The van der Waals surface area contributed by atoms with Crippen molar-refractivity contribution in [2.24, 2.45) is 5.41 Å². The van der Waals surface area contributed by atoms with Crippen LogP contribution in [0.4, 0.5) is 10.9 Å². The average molecular weight is 308 g/mol. The number of hydrogen-bond acceptors (Lipinski definition) is 5. The maximum atomic E-state index is 12.4. The molecule has 21 heavy (non-hydrogen) atoms. The van der Waals surface area contributed by atoms with Crippen LogP contribution < -0.4 is 16.4 Å². The number of carbonyl (C=O) groups is 1. The van der Waals surface area contributed by atoms with E-state index in [0.717, 1.165) is 18.0 Å². The van der Waals surface area contributed by atoms with Gasteiger partial charge in [-0.3, -0.25) is 4.79 Å². The molecule has 116 valence electrons. The zero-order valence-electron chi connectivity index (χ0n) is 12.7. The smallest absolute Gasteiger partial charge is 0.265 e. The Kier molecular flexibility index (Phi) is 3.82. The normalized spacial score (nSPS) is 24.6. The number of aromatic nitrogens is 1.